The molecule has 1 heterocycles. The Bertz CT molecular complexity index is 805. The van der Waals surface area contributed by atoms with Gasteiger partial charge in [-0.3, -0.25) is 14.5 Å². The molecule has 0 spiro atoms. The summed E-state index contributed by atoms with van der Waals surface area (Å²) in [6, 6.07) is 14.8. The average molecular weight is 431 g/mol. The van der Waals surface area contributed by atoms with Gasteiger partial charge in [0.15, 0.2) is 5.78 Å². The smallest absolute Gasteiger partial charge is 0.241 e. The van der Waals surface area contributed by atoms with Crippen molar-refractivity contribution in [2.45, 2.75) is 26.0 Å². The molecule has 2 unspecified atom stereocenters. The zero-order valence-electron chi connectivity index (χ0n) is 15.4. The molecule has 1 aliphatic heterocycles. The number of rotatable bonds is 5. The molecule has 2 aromatic carbocycles. The first-order chi connectivity index (χ1) is 12.9. The summed E-state index contributed by atoms with van der Waals surface area (Å²) in [4.78, 5) is 26.1. The molecular weight excluding hydrogens is 408 g/mol. The minimum absolute atomic E-state index is 0.00791. The van der Waals surface area contributed by atoms with Gasteiger partial charge in [-0.2, -0.15) is 0 Å². The van der Waals surface area contributed by atoms with E-state index in [9.17, 15) is 9.59 Å². The van der Waals surface area contributed by atoms with Crippen molar-refractivity contribution in [1.82, 2.24) is 4.90 Å². The van der Waals surface area contributed by atoms with Crippen LogP contribution in [0.25, 0.3) is 0 Å². The summed E-state index contributed by atoms with van der Waals surface area (Å²) in [5.74, 6) is -0.0597. The Balaban J connectivity index is 1.61. The van der Waals surface area contributed by atoms with Gasteiger partial charge in [0.1, 0.15) is 0 Å². The van der Waals surface area contributed by atoms with Crippen molar-refractivity contribution in [2.75, 3.05) is 25.0 Å². The van der Waals surface area contributed by atoms with Crippen LogP contribution in [0.3, 0.4) is 0 Å². The molecule has 0 bridgehead atoms. The molecule has 2 atom stereocenters. The van der Waals surface area contributed by atoms with Crippen LogP contribution in [0, 0.1) is 0 Å². The van der Waals surface area contributed by atoms with Crippen molar-refractivity contribution in [2.24, 2.45) is 0 Å². The summed E-state index contributed by atoms with van der Waals surface area (Å²) in [5, 5.41) is 2.93. The molecule has 0 saturated carbocycles. The third-order valence-corrected chi connectivity index (χ3v) is 5.35. The highest BCUT2D eigenvalue weighted by Crippen LogP contribution is 2.25. The SMILES string of the molecule is CC(=O)c1ccc(NC(=O)C(C)N2CCOC(c3ccc(Br)cc3)C2)cc1. The number of morpholine rings is 1. The number of benzene rings is 2. The minimum Gasteiger partial charge on any atom is -0.371 e. The standard InChI is InChI=1S/C21H23BrN2O3/c1-14(21(26)23-19-9-5-16(6-10-19)15(2)25)24-11-12-27-20(13-24)17-3-7-18(22)8-4-17/h3-10,14,20H,11-13H2,1-2H3,(H,23,26). The van der Waals surface area contributed by atoms with E-state index in [0.717, 1.165) is 10.0 Å². The van der Waals surface area contributed by atoms with Gasteiger partial charge in [-0.1, -0.05) is 28.1 Å². The summed E-state index contributed by atoms with van der Waals surface area (Å²) in [7, 11) is 0. The van der Waals surface area contributed by atoms with Crippen molar-refractivity contribution in [3.05, 3.63) is 64.1 Å². The lowest BCUT2D eigenvalue weighted by molar-refractivity contribution is -0.124. The second kappa shape index (κ2) is 8.78. The number of Topliss-reactive ketones (excluding diaryl/α,β-unsaturated/α-hetero) is 1. The molecule has 0 aliphatic carbocycles. The second-order valence-corrected chi connectivity index (χ2v) is 7.62. The maximum atomic E-state index is 12.7. The number of nitrogens with zero attached hydrogens (tertiary/aromatic N) is 1. The second-order valence-electron chi connectivity index (χ2n) is 6.70. The van der Waals surface area contributed by atoms with Crippen LogP contribution in [0.1, 0.15) is 35.9 Å². The zero-order chi connectivity index (χ0) is 19.4. The highest BCUT2D eigenvalue weighted by Gasteiger charge is 2.28. The number of hydrogen-bond donors (Lipinski definition) is 1. The molecular formula is C21H23BrN2O3. The minimum atomic E-state index is -0.278. The lowest BCUT2D eigenvalue weighted by atomic mass is 10.1. The third kappa shape index (κ3) is 5.03. The van der Waals surface area contributed by atoms with Crippen LogP contribution in [0.2, 0.25) is 0 Å². The Labute approximate surface area is 167 Å². The van der Waals surface area contributed by atoms with Crippen LogP contribution in [0.4, 0.5) is 5.69 Å². The molecule has 27 heavy (non-hydrogen) atoms. The number of amides is 1. The van der Waals surface area contributed by atoms with E-state index in [2.05, 4.69) is 26.1 Å². The van der Waals surface area contributed by atoms with E-state index in [-0.39, 0.29) is 23.8 Å². The van der Waals surface area contributed by atoms with Gasteiger partial charge >= 0.3 is 0 Å². The first-order valence-electron chi connectivity index (χ1n) is 8.97. The largest absolute Gasteiger partial charge is 0.371 e. The summed E-state index contributed by atoms with van der Waals surface area (Å²) in [5.41, 5.74) is 2.43. The topological polar surface area (TPSA) is 58.6 Å². The number of ether oxygens (including phenoxy) is 1. The van der Waals surface area contributed by atoms with Crippen molar-refractivity contribution in [1.29, 1.82) is 0 Å². The highest BCUT2D eigenvalue weighted by molar-refractivity contribution is 9.10. The number of anilines is 1. The van der Waals surface area contributed by atoms with Gasteiger partial charge in [0.2, 0.25) is 5.91 Å². The summed E-state index contributed by atoms with van der Waals surface area (Å²) < 4.78 is 6.93. The number of hydrogen-bond acceptors (Lipinski definition) is 4. The Morgan fingerprint density at radius 3 is 2.44 bits per heavy atom. The molecule has 0 radical (unpaired) electrons. The van der Waals surface area contributed by atoms with E-state index < -0.39 is 0 Å². The van der Waals surface area contributed by atoms with E-state index in [0.29, 0.717) is 30.9 Å². The molecule has 0 aromatic heterocycles. The van der Waals surface area contributed by atoms with Crippen molar-refractivity contribution in [3.8, 4) is 0 Å². The van der Waals surface area contributed by atoms with Gasteiger partial charge in [-0.15, -0.1) is 0 Å². The number of carbonyl (C=O) groups is 2. The van der Waals surface area contributed by atoms with Crippen LogP contribution < -0.4 is 5.32 Å². The third-order valence-electron chi connectivity index (χ3n) is 4.83. The van der Waals surface area contributed by atoms with Crippen molar-refractivity contribution in [3.63, 3.8) is 0 Å². The lowest BCUT2D eigenvalue weighted by Crippen LogP contribution is -2.48. The monoisotopic (exact) mass is 430 g/mol. The zero-order valence-corrected chi connectivity index (χ0v) is 17.0. The fourth-order valence-electron chi connectivity index (χ4n) is 3.10. The summed E-state index contributed by atoms with van der Waals surface area (Å²) in [6.07, 6.45) is -0.0445. The van der Waals surface area contributed by atoms with Crippen molar-refractivity contribution >= 4 is 33.3 Å². The Morgan fingerprint density at radius 2 is 1.81 bits per heavy atom. The van der Waals surface area contributed by atoms with Gasteiger partial charge in [0.05, 0.1) is 18.8 Å². The molecule has 6 heteroatoms. The first kappa shape index (κ1) is 19.7. The lowest BCUT2D eigenvalue weighted by Gasteiger charge is -2.36. The van der Waals surface area contributed by atoms with Gasteiger partial charge in [0.25, 0.3) is 0 Å². The van der Waals surface area contributed by atoms with Crippen LogP contribution in [-0.4, -0.2) is 42.3 Å². The Kier molecular flexibility index (Phi) is 6.42. The average Bonchev–Trinajstić information content (AvgIpc) is 2.68. The quantitative estimate of drug-likeness (QED) is 0.726. The molecule has 2 aromatic rings. The number of halogens is 1. The molecule has 1 amide bonds. The molecule has 3 rings (SSSR count). The fourth-order valence-corrected chi connectivity index (χ4v) is 3.37. The Hall–Kier alpha value is -2.02. The van der Waals surface area contributed by atoms with Crippen molar-refractivity contribution < 1.29 is 14.3 Å². The van der Waals surface area contributed by atoms with Crippen LogP contribution in [-0.2, 0) is 9.53 Å². The molecule has 1 saturated heterocycles. The maximum Gasteiger partial charge on any atom is 0.241 e. The molecule has 1 aliphatic rings. The van der Waals surface area contributed by atoms with E-state index in [4.69, 9.17) is 4.74 Å². The van der Waals surface area contributed by atoms with Gasteiger partial charge in [-0.05, 0) is 55.8 Å². The number of nitrogens with one attached hydrogen (secondary N) is 1. The predicted molar refractivity (Wildman–Crippen MR) is 109 cm³/mol. The maximum absolute atomic E-state index is 12.7. The van der Waals surface area contributed by atoms with Gasteiger partial charge in [-0.25, -0.2) is 0 Å². The molecule has 1 N–H and O–H groups in total. The van der Waals surface area contributed by atoms with E-state index >= 15 is 0 Å². The van der Waals surface area contributed by atoms with Gasteiger partial charge < -0.3 is 10.1 Å². The summed E-state index contributed by atoms with van der Waals surface area (Å²) >= 11 is 3.44. The molecule has 5 nitrogen and oxygen atoms in total. The van der Waals surface area contributed by atoms with Crippen LogP contribution >= 0.6 is 15.9 Å². The van der Waals surface area contributed by atoms with Gasteiger partial charge in [0, 0.05) is 28.8 Å². The Morgan fingerprint density at radius 1 is 1.15 bits per heavy atom. The number of ketones is 1. The van der Waals surface area contributed by atoms with Crippen LogP contribution in [0.5, 0.6) is 0 Å². The van der Waals surface area contributed by atoms with Crippen LogP contribution in [0.15, 0.2) is 53.0 Å². The summed E-state index contributed by atoms with van der Waals surface area (Å²) in [6.45, 7) is 5.40. The van der Waals surface area contributed by atoms with E-state index in [1.807, 2.05) is 31.2 Å². The first-order valence-corrected chi connectivity index (χ1v) is 9.76. The highest BCUT2D eigenvalue weighted by atomic mass is 79.9. The molecule has 142 valence electrons. The van der Waals surface area contributed by atoms with E-state index in [1.54, 1.807) is 24.3 Å². The number of carbonyl (C=O) groups excluding carboxylic acids is 2. The van der Waals surface area contributed by atoms with E-state index in [1.165, 1.54) is 6.92 Å². The predicted octanol–water partition coefficient (Wildman–Crippen LogP) is 4.05. The fraction of sp³-hybridized carbons (Fsp3) is 0.333. The molecule has 1 fully saturated rings. The normalized spacial score (nSPS) is 18.7.